The van der Waals surface area contributed by atoms with Crippen LogP contribution in [-0.4, -0.2) is 30.2 Å². The molecule has 0 atom stereocenters. The van der Waals surface area contributed by atoms with Gasteiger partial charge in [-0.3, -0.25) is 4.79 Å². The lowest BCUT2D eigenvalue weighted by molar-refractivity contribution is -0.134. The lowest BCUT2D eigenvalue weighted by Crippen LogP contribution is -2.24. The minimum Gasteiger partial charge on any atom is -0.490 e. The van der Waals surface area contributed by atoms with E-state index in [4.69, 9.17) is 14.6 Å². The average Bonchev–Trinajstić information content (AvgIpc) is 2.48. The van der Waals surface area contributed by atoms with Gasteiger partial charge in [0.2, 0.25) is 5.91 Å². The van der Waals surface area contributed by atoms with Crippen LogP contribution >= 0.6 is 0 Å². The molecule has 0 aliphatic heterocycles. The molecule has 126 valence electrons. The Balaban J connectivity index is 3.05. The Bertz CT molecular complexity index is 580. The van der Waals surface area contributed by atoms with Crippen molar-refractivity contribution < 1.29 is 24.2 Å². The Morgan fingerprint density at radius 1 is 1.22 bits per heavy atom. The molecule has 1 aromatic rings. The van der Waals surface area contributed by atoms with Gasteiger partial charge in [0, 0.05) is 6.92 Å². The van der Waals surface area contributed by atoms with Crippen molar-refractivity contribution in [3.63, 3.8) is 0 Å². The van der Waals surface area contributed by atoms with Gasteiger partial charge in [-0.2, -0.15) is 0 Å². The van der Waals surface area contributed by atoms with E-state index < -0.39 is 11.9 Å². The number of unbranched alkanes of at least 4 members (excludes halogenated alkanes) is 1. The zero-order valence-electron chi connectivity index (χ0n) is 13.7. The molecule has 0 aliphatic carbocycles. The maximum atomic E-state index is 11.2. The Kier molecular flexibility index (Phi) is 7.66. The summed E-state index contributed by atoms with van der Waals surface area (Å²) in [4.78, 5) is 22.2. The predicted octanol–water partition coefficient (Wildman–Crippen LogP) is 2.83. The summed E-state index contributed by atoms with van der Waals surface area (Å²) < 4.78 is 11.2. The number of rotatable bonds is 9. The molecular weight excluding hydrogens is 298 g/mol. The van der Waals surface area contributed by atoms with Crippen LogP contribution in [0.1, 0.15) is 39.2 Å². The quantitative estimate of drug-likeness (QED) is 0.539. The average molecular weight is 321 g/mol. The fourth-order valence-corrected chi connectivity index (χ4v) is 1.84. The van der Waals surface area contributed by atoms with Gasteiger partial charge in [-0.25, -0.2) is 4.79 Å². The van der Waals surface area contributed by atoms with E-state index in [0.717, 1.165) is 12.8 Å². The van der Waals surface area contributed by atoms with E-state index in [0.29, 0.717) is 30.3 Å². The number of carboxylic acid groups (broad SMARTS) is 1. The monoisotopic (exact) mass is 321 g/mol. The first-order valence-electron chi connectivity index (χ1n) is 7.60. The summed E-state index contributed by atoms with van der Waals surface area (Å²) in [5.41, 5.74) is 0.405. The molecular formula is C17H23NO5. The second-order valence-electron chi connectivity index (χ2n) is 4.89. The molecule has 2 N–H and O–H groups in total. The topological polar surface area (TPSA) is 84.9 Å². The van der Waals surface area contributed by atoms with Gasteiger partial charge < -0.3 is 19.9 Å². The Morgan fingerprint density at radius 3 is 2.52 bits per heavy atom. The van der Waals surface area contributed by atoms with Gasteiger partial charge in [0.15, 0.2) is 11.5 Å². The van der Waals surface area contributed by atoms with E-state index in [9.17, 15) is 9.59 Å². The number of ether oxygens (including phenoxy) is 2. The van der Waals surface area contributed by atoms with Crippen LogP contribution in [-0.2, 0) is 9.59 Å². The van der Waals surface area contributed by atoms with Crippen molar-refractivity contribution in [3.8, 4) is 11.5 Å². The molecule has 0 fully saturated rings. The smallest absolute Gasteiger partial charge is 0.352 e. The summed E-state index contributed by atoms with van der Waals surface area (Å²) in [7, 11) is 0. The number of aliphatic carboxylic acids is 1. The first-order chi connectivity index (χ1) is 11.0. The molecule has 1 rings (SSSR count). The van der Waals surface area contributed by atoms with E-state index in [2.05, 4.69) is 12.2 Å². The molecule has 0 unspecified atom stereocenters. The molecule has 0 radical (unpaired) electrons. The molecule has 1 aromatic carbocycles. The molecule has 23 heavy (non-hydrogen) atoms. The van der Waals surface area contributed by atoms with Crippen molar-refractivity contribution >= 4 is 18.0 Å². The van der Waals surface area contributed by atoms with Crippen molar-refractivity contribution in [1.29, 1.82) is 0 Å². The van der Waals surface area contributed by atoms with Gasteiger partial charge in [-0.1, -0.05) is 19.4 Å². The highest BCUT2D eigenvalue weighted by Crippen LogP contribution is 2.29. The highest BCUT2D eigenvalue weighted by atomic mass is 16.5. The summed E-state index contributed by atoms with van der Waals surface area (Å²) in [6.07, 6.45) is 3.35. The van der Waals surface area contributed by atoms with E-state index in [1.807, 2.05) is 6.92 Å². The first kappa shape index (κ1) is 18.5. The van der Waals surface area contributed by atoms with Gasteiger partial charge >= 0.3 is 5.97 Å². The highest BCUT2D eigenvalue weighted by molar-refractivity contribution is 5.96. The highest BCUT2D eigenvalue weighted by Gasteiger charge is 2.11. The van der Waals surface area contributed by atoms with Crippen LogP contribution in [0.25, 0.3) is 6.08 Å². The number of carbonyl (C=O) groups is 2. The fourth-order valence-electron chi connectivity index (χ4n) is 1.84. The van der Waals surface area contributed by atoms with Crippen LogP contribution in [0.4, 0.5) is 0 Å². The molecule has 0 bridgehead atoms. The minimum absolute atomic E-state index is 0.195. The number of hydrogen-bond donors (Lipinski definition) is 2. The summed E-state index contributed by atoms with van der Waals surface area (Å²) in [5, 5.41) is 11.4. The minimum atomic E-state index is -1.21. The third-order valence-corrected chi connectivity index (χ3v) is 2.88. The third-order valence-electron chi connectivity index (χ3n) is 2.88. The second-order valence-corrected chi connectivity index (χ2v) is 4.89. The molecule has 0 saturated carbocycles. The SMILES string of the molecule is CCCCOc1ccc(C=C(NC(C)=O)C(=O)O)cc1OCC. The zero-order valence-corrected chi connectivity index (χ0v) is 13.7. The van der Waals surface area contributed by atoms with Gasteiger partial charge in [0.1, 0.15) is 5.70 Å². The van der Waals surface area contributed by atoms with Gasteiger partial charge in [0.05, 0.1) is 13.2 Å². The van der Waals surface area contributed by atoms with Gasteiger partial charge in [-0.15, -0.1) is 0 Å². The lowest BCUT2D eigenvalue weighted by Gasteiger charge is -2.12. The van der Waals surface area contributed by atoms with E-state index in [-0.39, 0.29) is 5.70 Å². The molecule has 1 amide bonds. The molecule has 6 nitrogen and oxygen atoms in total. The zero-order chi connectivity index (χ0) is 17.2. The molecule has 0 saturated heterocycles. The number of carboxylic acids is 1. The van der Waals surface area contributed by atoms with Crippen LogP contribution in [0, 0.1) is 0 Å². The van der Waals surface area contributed by atoms with Crippen LogP contribution in [0.15, 0.2) is 23.9 Å². The molecule has 0 aromatic heterocycles. The van der Waals surface area contributed by atoms with Crippen molar-refractivity contribution in [3.05, 3.63) is 29.5 Å². The number of carbonyl (C=O) groups excluding carboxylic acids is 1. The van der Waals surface area contributed by atoms with Crippen molar-refractivity contribution in [2.75, 3.05) is 13.2 Å². The van der Waals surface area contributed by atoms with Crippen LogP contribution < -0.4 is 14.8 Å². The number of benzene rings is 1. The third kappa shape index (κ3) is 6.42. The van der Waals surface area contributed by atoms with Crippen LogP contribution in [0.3, 0.4) is 0 Å². The Hall–Kier alpha value is -2.50. The second kappa shape index (κ2) is 9.50. The predicted molar refractivity (Wildman–Crippen MR) is 87.4 cm³/mol. The van der Waals surface area contributed by atoms with Gasteiger partial charge in [-0.05, 0) is 37.1 Å². The largest absolute Gasteiger partial charge is 0.490 e. The fraction of sp³-hybridized carbons (Fsp3) is 0.412. The van der Waals surface area contributed by atoms with E-state index >= 15 is 0 Å². The normalized spacial score (nSPS) is 11.0. The Labute approximate surface area is 136 Å². The summed E-state index contributed by atoms with van der Waals surface area (Å²) >= 11 is 0. The lowest BCUT2D eigenvalue weighted by atomic mass is 10.1. The molecule has 6 heteroatoms. The van der Waals surface area contributed by atoms with E-state index in [1.165, 1.54) is 13.0 Å². The van der Waals surface area contributed by atoms with Gasteiger partial charge in [0.25, 0.3) is 0 Å². The van der Waals surface area contributed by atoms with Crippen LogP contribution in [0.5, 0.6) is 11.5 Å². The number of nitrogens with one attached hydrogen (secondary N) is 1. The van der Waals surface area contributed by atoms with Crippen molar-refractivity contribution in [2.24, 2.45) is 0 Å². The summed E-state index contributed by atoms with van der Waals surface area (Å²) in [6, 6.07) is 5.14. The number of amides is 1. The maximum Gasteiger partial charge on any atom is 0.352 e. The number of hydrogen-bond acceptors (Lipinski definition) is 4. The summed E-state index contributed by atoms with van der Waals surface area (Å²) in [5.74, 6) is -0.483. The molecule has 0 spiro atoms. The van der Waals surface area contributed by atoms with Crippen molar-refractivity contribution in [2.45, 2.75) is 33.6 Å². The maximum absolute atomic E-state index is 11.2. The van der Waals surface area contributed by atoms with E-state index in [1.54, 1.807) is 18.2 Å². The Morgan fingerprint density at radius 2 is 1.96 bits per heavy atom. The molecule has 0 heterocycles. The first-order valence-corrected chi connectivity index (χ1v) is 7.60. The standard InChI is InChI=1S/C17H23NO5/c1-4-6-9-23-15-8-7-13(11-16(15)22-5-2)10-14(17(20)21)18-12(3)19/h7-8,10-11H,4-6,9H2,1-3H3,(H,18,19)(H,20,21). The van der Waals surface area contributed by atoms with Crippen molar-refractivity contribution in [1.82, 2.24) is 5.32 Å². The summed E-state index contributed by atoms with van der Waals surface area (Å²) in [6.45, 7) is 6.26. The molecule has 0 aliphatic rings. The van der Waals surface area contributed by atoms with Crippen LogP contribution in [0.2, 0.25) is 0 Å².